The van der Waals surface area contributed by atoms with Gasteiger partial charge >= 0.3 is 0 Å². The summed E-state index contributed by atoms with van der Waals surface area (Å²) >= 11 is 4.87. The number of Topliss-reactive ketones (excluding diaryl/α,β-unsaturated/α-hetero) is 1. The van der Waals surface area contributed by atoms with Crippen molar-refractivity contribution >= 4 is 33.0 Å². The molecular formula is C12H16BrNO2S. The molecule has 3 nitrogen and oxygen atoms in total. The Labute approximate surface area is 114 Å². The van der Waals surface area contributed by atoms with Crippen molar-refractivity contribution < 1.29 is 9.53 Å². The fourth-order valence-corrected chi connectivity index (χ4v) is 3.55. The monoisotopic (exact) mass is 317 g/mol. The molecule has 0 N–H and O–H groups in total. The van der Waals surface area contributed by atoms with E-state index in [0.717, 1.165) is 35.4 Å². The maximum absolute atomic E-state index is 12.3. The zero-order valence-corrected chi connectivity index (χ0v) is 12.2. The van der Waals surface area contributed by atoms with E-state index < -0.39 is 0 Å². The Bertz CT molecular complexity index is 392. The zero-order valence-electron chi connectivity index (χ0n) is 9.82. The molecule has 1 aliphatic heterocycles. The Morgan fingerprint density at radius 1 is 1.71 bits per heavy atom. The Hall–Kier alpha value is -0.230. The quantitative estimate of drug-likeness (QED) is 0.800. The van der Waals surface area contributed by atoms with Crippen LogP contribution in [-0.2, 0) is 4.74 Å². The van der Waals surface area contributed by atoms with Gasteiger partial charge in [0.05, 0.1) is 11.5 Å². The van der Waals surface area contributed by atoms with E-state index in [1.807, 2.05) is 11.4 Å². The molecule has 0 aliphatic carbocycles. The van der Waals surface area contributed by atoms with E-state index in [1.54, 1.807) is 0 Å². The van der Waals surface area contributed by atoms with Crippen molar-refractivity contribution in [3.05, 3.63) is 20.8 Å². The van der Waals surface area contributed by atoms with Gasteiger partial charge in [-0.3, -0.25) is 9.69 Å². The molecule has 2 heterocycles. The first-order valence-electron chi connectivity index (χ1n) is 5.83. The van der Waals surface area contributed by atoms with Crippen LogP contribution in [0, 0.1) is 0 Å². The second-order valence-corrected chi connectivity index (χ2v) is 5.89. The predicted molar refractivity (Wildman–Crippen MR) is 72.8 cm³/mol. The van der Waals surface area contributed by atoms with E-state index in [2.05, 4.69) is 27.8 Å². The fourth-order valence-electron chi connectivity index (χ4n) is 2.00. The highest BCUT2D eigenvalue weighted by molar-refractivity contribution is 9.10. The number of halogens is 1. The number of rotatable bonds is 4. The lowest BCUT2D eigenvalue weighted by molar-refractivity contribution is -0.0162. The summed E-state index contributed by atoms with van der Waals surface area (Å²) < 4.78 is 6.47. The molecule has 0 bridgehead atoms. The van der Waals surface area contributed by atoms with Crippen molar-refractivity contribution in [1.82, 2.24) is 4.90 Å². The van der Waals surface area contributed by atoms with Crippen molar-refractivity contribution in [2.45, 2.75) is 19.4 Å². The van der Waals surface area contributed by atoms with Crippen LogP contribution in [0.1, 0.15) is 23.0 Å². The first-order chi connectivity index (χ1) is 8.22. The molecule has 1 unspecified atom stereocenters. The van der Waals surface area contributed by atoms with Gasteiger partial charge in [0.25, 0.3) is 0 Å². The fraction of sp³-hybridized carbons (Fsp3) is 0.583. The number of ketones is 1. The summed E-state index contributed by atoms with van der Waals surface area (Å²) in [7, 11) is 0. The van der Waals surface area contributed by atoms with Crippen LogP contribution >= 0.6 is 27.3 Å². The van der Waals surface area contributed by atoms with Gasteiger partial charge in [-0.25, -0.2) is 0 Å². The maximum Gasteiger partial charge on any atom is 0.203 e. The van der Waals surface area contributed by atoms with E-state index in [-0.39, 0.29) is 11.9 Å². The summed E-state index contributed by atoms with van der Waals surface area (Å²) in [5.41, 5.74) is 0. The maximum atomic E-state index is 12.3. The Morgan fingerprint density at radius 3 is 3.18 bits per heavy atom. The van der Waals surface area contributed by atoms with Crippen molar-refractivity contribution in [3.63, 3.8) is 0 Å². The SMILES string of the molecule is CCCN1CCOC(C(=O)c2sccc2Br)C1. The molecule has 2 rings (SSSR count). The van der Waals surface area contributed by atoms with E-state index in [4.69, 9.17) is 4.74 Å². The third kappa shape index (κ3) is 3.16. The summed E-state index contributed by atoms with van der Waals surface area (Å²) in [4.78, 5) is 15.3. The largest absolute Gasteiger partial charge is 0.367 e. The molecular weight excluding hydrogens is 302 g/mol. The zero-order chi connectivity index (χ0) is 12.3. The van der Waals surface area contributed by atoms with Crippen molar-refractivity contribution in [2.75, 3.05) is 26.2 Å². The number of carbonyl (C=O) groups is 1. The van der Waals surface area contributed by atoms with Gasteiger partial charge in [0, 0.05) is 17.6 Å². The third-order valence-electron chi connectivity index (χ3n) is 2.82. The van der Waals surface area contributed by atoms with Crippen LogP contribution < -0.4 is 0 Å². The summed E-state index contributed by atoms with van der Waals surface area (Å²) in [5.74, 6) is 0.104. The Morgan fingerprint density at radius 2 is 2.53 bits per heavy atom. The minimum absolute atomic E-state index is 0.104. The highest BCUT2D eigenvalue weighted by atomic mass is 79.9. The van der Waals surface area contributed by atoms with E-state index >= 15 is 0 Å². The Balaban J connectivity index is 2.02. The number of nitrogens with zero attached hydrogens (tertiary/aromatic N) is 1. The molecule has 0 radical (unpaired) electrons. The summed E-state index contributed by atoms with van der Waals surface area (Å²) in [6, 6.07) is 1.91. The molecule has 1 fully saturated rings. The summed E-state index contributed by atoms with van der Waals surface area (Å²) in [6.45, 7) is 5.50. The number of hydrogen-bond acceptors (Lipinski definition) is 4. The highest BCUT2D eigenvalue weighted by Crippen LogP contribution is 2.25. The molecule has 0 spiro atoms. The number of hydrogen-bond donors (Lipinski definition) is 0. The lowest BCUT2D eigenvalue weighted by Gasteiger charge is -2.31. The van der Waals surface area contributed by atoms with Gasteiger partial charge in [0.15, 0.2) is 0 Å². The Kier molecular flexibility index (Phi) is 4.73. The topological polar surface area (TPSA) is 29.5 Å². The average Bonchev–Trinajstić information content (AvgIpc) is 2.75. The second kappa shape index (κ2) is 6.09. The number of thiophene rings is 1. The van der Waals surface area contributed by atoms with Crippen molar-refractivity contribution in [2.24, 2.45) is 0 Å². The number of ether oxygens (including phenoxy) is 1. The van der Waals surface area contributed by atoms with Crippen LogP contribution in [0.25, 0.3) is 0 Å². The smallest absolute Gasteiger partial charge is 0.203 e. The van der Waals surface area contributed by atoms with Gasteiger partial charge < -0.3 is 4.74 Å². The van der Waals surface area contributed by atoms with Gasteiger partial charge in [0.2, 0.25) is 5.78 Å². The lowest BCUT2D eigenvalue weighted by Crippen LogP contribution is -2.46. The number of morpholine rings is 1. The molecule has 1 aromatic rings. The average molecular weight is 318 g/mol. The molecule has 94 valence electrons. The van der Waals surface area contributed by atoms with Crippen LogP contribution in [0.5, 0.6) is 0 Å². The molecule has 5 heteroatoms. The van der Waals surface area contributed by atoms with Crippen LogP contribution in [0.2, 0.25) is 0 Å². The van der Waals surface area contributed by atoms with Crippen LogP contribution in [0.3, 0.4) is 0 Å². The minimum Gasteiger partial charge on any atom is -0.367 e. The minimum atomic E-state index is -0.301. The standard InChI is InChI=1S/C12H16BrNO2S/c1-2-4-14-5-6-16-10(8-14)11(15)12-9(13)3-7-17-12/h3,7,10H,2,4-6,8H2,1H3. The van der Waals surface area contributed by atoms with E-state index in [1.165, 1.54) is 11.3 Å². The van der Waals surface area contributed by atoms with Crippen LogP contribution in [0.4, 0.5) is 0 Å². The van der Waals surface area contributed by atoms with Gasteiger partial charge in [-0.2, -0.15) is 0 Å². The lowest BCUT2D eigenvalue weighted by atomic mass is 10.1. The number of carbonyl (C=O) groups excluding carboxylic acids is 1. The first kappa shape index (κ1) is 13.2. The van der Waals surface area contributed by atoms with E-state index in [0.29, 0.717) is 6.61 Å². The molecule has 17 heavy (non-hydrogen) atoms. The summed E-state index contributed by atoms with van der Waals surface area (Å²) in [6.07, 6.45) is 0.814. The first-order valence-corrected chi connectivity index (χ1v) is 7.50. The molecule has 1 atom stereocenters. The molecule has 0 aromatic carbocycles. The van der Waals surface area contributed by atoms with Gasteiger partial charge in [0.1, 0.15) is 6.10 Å². The van der Waals surface area contributed by atoms with E-state index in [9.17, 15) is 4.79 Å². The third-order valence-corrected chi connectivity index (χ3v) is 4.68. The van der Waals surface area contributed by atoms with Crippen LogP contribution in [-0.4, -0.2) is 43.0 Å². The predicted octanol–water partition coefficient (Wildman–Crippen LogP) is 2.80. The molecule has 1 aliphatic rings. The summed E-state index contributed by atoms with van der Waals surface area (Å²) in [5, 5.41) is 1.92. The molecule has 1 saturated heterocycles. The second-order valence-electron chi connectivity index (χ2n) is 4.12. The normalized spacial score (nSPS) is 21.6. The molecule has 0 amide bonds. The van der Waals surface area contributed by atoms with Gasteiger partial charge in [-0.1, -0.05) is 6.92 Å². The van der Waals surface area contributed by atoms with Gasteiger partial charge in [-0.15, -0.1) is 11.3 Å². The molecule has 1 aromatic heterocycles. The molecule has 0 saturated carbocycles. The highest BCUT2D eigenvalue weighted by Gasteiger charge is 2.28. The van der Waals surface area contributed by atoms with Crippen molar-refractivity contribution in [3.8, 4) is 0 Å². The van der Waals surface area contributed by atoms with Crippen molar-refractivity contribution in [1.29, 1.82) is 0 Å². The van der Waals surface area contributed by atoms with Gasteiger partial charge in [-0.05, 0) is 40.3 Å². The van der Waals surface area contributed by atoms with Crippen LogP contribution in [0.15, 0.2) is 15.9 Å².